The number of rotatable bonds is 2. The number of ether oxygens (including phenoxy) is 1. The second kappa shape index (κ2) is 4.85. The van der Waals surface area contributed by atoms with Crippen LogP contribution < -0.4 is 9.64 Å². The summed E-state index contributed by atoms with van der Waals surface area (Å²) in [5.41, 5.74) is 0. The molecule has 1 aromatic rings. The van der Waals surface area contributed by atoms with Crippen molar-refractivity contribution in [1.82, 2.24) is 19.9 Å². The zero-order chi connectivity index (χ0) is 12.5. The highest BCUT2D eigenvalue weighted by Crippen LogP contribution is 2.24. The van der Waals surface area contributed by atoms with Crippen molar-refractivity contribution in [3.8, 4) is 6.01 Å². The van der Waals surface area contributed by atoms with Crippen LogP contribution in [-0.2, 0) is 0 Å². The third-order valence-electron chi connectivity index (χ3n) is 3.63. The fourth-order valence-electron chi connectivity index (χ4n) is 2.73. The van der Waals surface area contributed by atoms with Gasteiger partial charge in [0.25, 0.3) is 0 Å². The van der Waals surface area contributed by atoms with Gasteiger partial charge >= 0.3 is 6.01 Å². The van der Waals surface area contributed by atoms with Gasteiger partial charge < -0.3 is 9.64 Å². The van der Waals surface area contributed by atoms with Crippen LogP contribution >= 0.6 is 11.6 Å². The van der Waals surface area contributed by atoms with E-state index in [0.717, 1.165) is 19.6 Å². The van der Waals surface area contributed by atoms with E-state index >= 15 is 0 Å². The fourth-order valence-corrected chi connectivity index (χ4v) is 2.88. The minimum absolute atomic E-state index is 0.186. The molecule has 0 amide bonds. The van der Waals surface area contributed by atoms with Crippen LogP contribution in [0.1, 0.15) is 12.8 Å². The Bertz CT molecular complexity index is 443. The van der Waals surface area contributed by atoms with Crippen molar-refractivity contribution < 1.29 is 4.74 Å². The number of hydrogen-bond donors (Lipinski definition) is 0. The van der Waals surface area contributed by atoms with Gasteiger partial charge in [0.05, 0.1) is 7.11 Å². The third-order valence-corrected chi connectivity index (χ3v) is 3.80. The van der Waals surface area contributed by atoms with Crippen molar-refractivity contribution in [3.63, 3.8) is 0 Å². The number of piperazine rings is 1. The van der Waals surface area contributed by atoms with Crippen LogP contribution in [0.4, 0.5) is 5.95 Å². The first-order chi connectivity index (χ1) is 8.76. The predicted molar refractivity (Wildman–Crippen MR) is 68.2 cm³/mol. The van der Waals surface area contributed by atoms with Crippen LogP contribution in [0.15, 0.2) is 0 Å². The number of hydrogen-bond acceptors (Lipinski definition) is 6. The Balaban J connectivity index is 1.80. The molecule has 0 aromatic carbocycles. The first-order valence-electron chi connectivity index (χ1n) is 6.21. The van der Waals surface area contributed by atoms with Crippen LogP contribution in [0, 0.1) is 0 Å². The van der Waals surface area contributed by atoms with Gasteiger partial charge in [-0.2, -0.15) is 15.0 Å². The fraction of sp³-hybridized carbons (Fsp3) is 0.727. The Morgan fingerprint density at radius 2 is 2.11 bits per heavy atom. The van der Waals surface area contributed by atoms with Crippen LogP contribution in [0.5, 0.6) is 6.01 Å². The lowest BCUT2D eigenvalue weighted by atomic mass is 10.2. The molecule has 0 spiro atoms. The Morgan fingerprint density at radius 1 is 1.22 bits per heavy atom. The Morgan fingerprint density at radius 3 is 2.94 bits per heavy atom. The summed E-state index contributed by atoms with van der Waals surface area (Å²) in [6.07, 6.45) is 2.55. The molecule has 0 bridgehead atoms. The Labute approximate surface area is 111 Å². The summed E-state index contributed by atoms with van der Waals surface area (Å²) in [6, 6.07) is 0.902. The summed E-state index contributed by atoms with van der Waals surface area (Å²) < 4.78 is 5.03. The molecule has 7 heteroatoms. The molecule has 0 N–H and O–H groups in total. The smallest absolute Gasteiger partial charge is 0.322 e. The molecule has 6 nitrogen and oxygen atoms in total. The van der Waals surface area contributed by atoms with Crippen molar-refractivity contribution >= 4 is 17.5 Å². The molecule has 1 atom stereocenters. The van der Waals surface area contributed by atoms with E-state index in [9.17, 15) is 0 Å². The lowest BCUT2D eigenvalue weighted by Crippen LogP contribution is -2.50. The SMILES string of the molecule is COc1nc(Cl)nc(N2CCN3CCCC3C2)n1. The van der Waals surface area contributed by atoms with E-state index in [1.807, 2.05) is 0 Å². The van der Waals surface area contributed by atoms with E-state index < -0.39 is 0 Å². The molecule has 2 aliphatic rings. The summed E-state index contributed by atoms with van der Waals surface area (Å²) >= 11 is 5.88. The summed E-state index contributed by atoms with van der Waals surface area (Å²) in [5.74, 6) is 0.624. The van der Waals surface area contributed by atoms with Crippen LogP contribution in [0.2, 0.25) is 5.28 Å². The maximum absolute atomic E-state index is 5.88. The number of aromatic nitrogens is 3. The van der Waals surface area contributed by atoms with Gasteiger partial charge in [-0.05, 0) is 31.0 Å². The molecule has 3 rings (SSSR count). The molecule has 2 aliphatic heterocycles. The normalized spacial score (nSPS) is 24.1. The van der Waals surface area contributed by atoms with Gasteiger partial charge in [-0.3, -0.25) is 4.90 Å². The van der Waals surface area contributed by atoms with Crippen molar-refractivity contribution in [2.24, 2.45) is 0 Å². The topological polar surface area (TPSA) is 54.4 Å². The van der Waals surface area contributed by atoms with E-state index in [-0.39, 0.29) is 11.3 Å². The number of fused-ring (bicyclic) bond motifs is 1. The highest BCUT2D eigenvalue weighted by Gasteiger charge is 2.31. The number of anilines is 1. The largest absolute Gasteiger partial charge is 0.467 e. The zero-order valence-corrected chi connectivity index (χ0v) is 11.1. The summed E-state index contributed by atoms with van der Waals surface area (Å²) in [4.78, 5) is 17.1. The predicted octanol–water partition coefficient (Wildman–Crippen LogP) is 0.818. The van der Waals surface area contributed by atoms with E-state index in [1.54, 1.807) is 0 Å². The summed E-state index contributed by atoms with van der Waals surface area (Å²) in [5, 5.41) is 0.186. The van der Waals surface area contributed by atoms with Crippen molar-refractivity contribution in [3.05, 3.63) is 5.28 Å². The van der Waals surface area contributed by atoms with Gasteiger partial charge in [0.2, 0.25) is 11.2 Å². The van der Waals surface area contributed by atoms with Crippen molar-refractivity contribution in [2.75, 3.05) is 38.2 Å². The van der Waals surface area contributed by atoms with E-state index in [2.05, 4.69) is 24.8 Å². The average Bonchev–Trinajstić information content (AvgIpc) is 2.85. The molecule has 3 heterocycles. The molecule has 0 aliphatic carbocycles. The number of halogens is 1. The molecule has 1 unspecified atom stereocenters. The average molecular weight is 270 g/mol. The number of methoxy groups -OCH3 is 1. The van der Waals surface area contributed by atoms with E-state index in [4.69, 9.17) is 16.3 Å². The van der Waals surface area contributed by atoms with Crippen LogP contribution in [0.3, 0.4) is 0 Å². The Kier molecular flexibility index (Phi) is 3.22. The quantitative estimate of drug-likeness (QED) is 0.792. The molecule has 98 valence electrons. The van der Waals surface area contributed by atoms with E-state index in [0.29, 0.717) is 12.0 Å². The maximum atomic E-state index is 5.88. The van der Waals surface area contributed by atoms with E-state index in [1.165, 1.54) is 26.5 Å². The number of nitrogens with zero attached hydrogens (tertiary/aromatic N) is 5. The second-order valence-corrected chi connectivity index (χ2v) is 5.01. The van der Waals surface area contributed by atoms with Gasteiger partial charge in [-0.15, -0.1) is 0 Å². The van der Waals surface area contributed by atoms with Gasteiger partial charge in [0, 0.05) is 25.7 Å². The molecule has 0 saturated carbocycles. The molecule has 0 radical (unpaired) electrons. The molecular formula is C11H16ClN5O. The van der Waals surface area contributed by atoms with Gasteiger partial charge in [-0.25, -0.2) is 0 Å². The van der Waals surface area contributed by atoms with Gasteiger partial charge in [0.15, 0.2) is 0 Å². The van der Waals surface area contributed by atoms with Crippen LogP contribution in [0.25, 0.3) is 0 Å². The molecule has 18 heavy (non-hydrogen) atoms. The third kappa shape index (κ3) is 2.22. The summed E-state index contributed by atoms with van der Waals surface area (Å²) in [7, 11) is 1.53. The standard InChI is InChI=1S/C11H16ClN5O/c1-18-11-14-9(12)13-10(15-11)17-6-5-16-4-2-3-8(16)7-17/h8H,2-7H2,1H3. The second-order valence-electron chi connectivity index (χ2n) is 4.67. The monoisotopic (exact) mass is 269 g/mol. The minimum Gasteiger partial charge on any atom is -0.467 e. The Hall–Kier alpha value is -1.14. The van der Waals surface area contributed by atoms with Gasteiger partial charge in [-0.1, -0.05) is 0 Å². The first kappa shape index (κ1) is 11.9. The molecule has 1 aromatic heterocycles. The zero-order valence-electron chi connectivity index (χ0n) is 10.3. The van der Waals surface area contributed by atoms with Crippen molar-refractivity contribution in [2.45, 2.75) is 18.9 Å². The first-order valence-corrected chi connectivity index (χ1v) is 6.58. The molecule has 2 fully saturated rings. The lowest BCUT2D eigenvalue weighted by molar-refractivity contribution is 0.229. The molecule has 2 saturated heterocycles. The highest BCUT2D eigenvalue weighted by molar-refractivity contribution is 6.28. The lowest BCUT2D eigenvalue weighted by Gasteiger charge is -2.37. The van der Waals surface area contributed by atoms with Gasteiger partial charge in [0.1, 0.15) is 0 Å². The highest BCUT2D eigenvalue weighted by atomic mass is 35.5. The minimum atomic E-state index is 0.186. The summed E-state index contributed by atoms with van der Waals surface area (Å²) in [6.45, 7) is 4.18. The molecular weight excluding hydrogens is 254 g/mol. The van der Waals surface area contributed by atoms with Crippen LogP contribution in [-0.4, -0.2) is 59.2 Å². The maximum Gasteiger partial charge on any atom is 0.322 e. The van der Waals surface area contributed by atoms with Crippen molar-refractivity contribution in [1.29, 1.82) is 0 Å².